The SMILES string of the molecule is Cc1ccc(S(=O)(=O)n2c(-c3ccccc3)c(-c3cccc4ccc5cccnc5c34)c3ccccc32)cc1. The average Bonchev–Trinajstić information content (AvgIpc) is 3.33. The number of aryl methyl sites for hydroxylation is 1. The Morgan fingerprint density at radius 1 is 0.667 bits per heavy atom. The first kappa shape index (κ1) is 23.4. The number of hydrogen-bond donors (Lipinski definition) is 0. The van der Waals surface area contributed by atoms with Crippen LogP contribution in [-0.4, -0.2) is 17.4 Å². The summed E-state index contributed by atoms with van der Waals surface area (Å²) in [4.78, 5) is 5.02. The molecule has 0 amide bonds. The number of nitrogens with zero attached hydrogens (tertiary/aromatic N) is 2. The van der Waals surface area contributed by atoms with Crippen LogP contribution in [0.3, 0.4) is 0 Å². The third kappa shape index (κ3) is 3.66. The maximum Gasteiger partial charge on any atom is 0.268 e. The summed E-state index contributed by atoms with van der Waals surface area (Å²) < 4.78 is 30.4. The third-order valence-electron chi connectivity index (χ3n) is 7.32. The lowest BCUT2D eigenvalue weighted by molar-refractivity contribution is 0.589. The fourth-order valence-corrected chi connectivity index (χ4v) is 7.08. The van der Waals surface area contributed by atoms with Gasteiger partial charge in [-0.15, -0.1) is 0 Å². The van der Waals surface area contributed by atoms with Crippen LogP contribution in [0.15, 0.2) is 132 Å². The minimum atomic E-state index is -3.94. The predicted octanol–water partition coefficient (Wildman–Crippen LogP) is 8.22. The Labute approximate surface area is 226 Å². The van der Waals surface area contributed by atoms with Gasteiger partial charge in [-0.3, -0.25) is 4.98 Å². The lowest BCUT2D eigenvalue weighted by atomic mass is 9.92. The zero-order valence-electron chi connectivity index (χ0n) is 21.2. The van der Waals surface area contributed by atoms with Crippen molar-refractivity contribution in [3.05, 3.63) is 133 Å². The molecule has 0 aliphatic rings. The van der Waals surface area contributed by atoms with E-state index in [9.17, 15) is 8.42 Å². The van der Waals surface area contributed by atoms with Gasteiger partial charge in [-0.25, -0.2) is 12.4 Å². The highest BCUT2D eigenvalue weighted by Crippen LogP contribution is 2.45. The molecular formula is C34H24N2O2S. The van der Waals surface area contributed by atoms with Crippen LogP contribution in [0.5, 0.6) is 0 Å². The number of para-hydroxylation sites is 1. The summed E-state index contributed by atoms with van der Waals surface area (Å²) in [6, 6.07) is 38.9. The largest absolute Gasteiger partial charge is 0.268 e. The molecule has 2 aromatic heterocycles. The highest BCUT2D eigenvalue weighted by atomic mass is 32.2. The smallest absolute Gasteiger partial charge is 0.256 e. The van der Waals surface area contributed by atoms with E-state index in [2.05, 4.69) is 30.3 Å². The van der Waals surface area contributed by atoms with Gasteiger partial charge < -0.3 is 0 Å². The Hall–Kier alpha value is -4.74. The average molecular weight is 525 g/mol. The van der Waals surface area contributed by atoms with Gasteiger partial charge in [0.1, 0.15) is 0 Å². The maximum absolute atomic E-state index is 14.4. The first-order chi connectivity index (χ1) is 19.0. The Morgan fingerprint density at radius 3 is 2.21 bits per heavy atom. The molecule has 0 fully saturated rings. The predicted molar refractivity (Wildman–Crippen MR) is 159 cm³/mol. The lowest BCUT2D eigenvalue weighted by Crippen LogP contribution is -2.14. The molecular weight excluding hydrogens is 500 g/mol. The Bertz CT molecular complexity index is 2130. The summed E-state index contributed by atoms with van der Waals surface area (Å²) in [5, 5.41) is 3.96. The second kappa shape index (κ2) is 8.93. The second-order valence-corrected chi connectivity index (χ2v) is 11.5. The van der Waals surface area contributed by atoms with Crippen molar-refractivity contribution >= 4 is 42.6 Å². The van der Waals surface area contributed by atoms with Gasteiger partial charge in [-0.2, -0.15) is 0 Å². The van der Waals surface area contributed by atoms with E-state index in [0.717, 1.165) is 49.3 Å². The number of benzene rings is 5. The van der Waals surface area contributed by atoms with Crippen molar-refractivity contribution in [1.82, 2.24) is 8.96 Å². The molecule has 39 heavy (non-hydrogen) atoms. The molecule has 0 N–H and O–H groups in total. The fraction of sp³-hybridized carbons (Fsp3) is 0.0294. The van der Waals surface area contributed by atoms with Gasteiger partial charge in [-0.1, -0.05) is 103 Å². The van der Waals surface area contributed by atoms with E-state index in [1.54, 1.807) is 12.1 Å². The monoisotopic (exact) mass is 524 g/mol. The highest BCUT2D eigenvalue weighted by molar-refractivity contribution is 7.90. The van der Waals surface area contributed by atoms with Gasteiger partial charge in [0, 0.05) is 27.9 Å². The van der Waals surface area contributed by atoms with Crippen LogP contribution in [0.1, 0.15) is 5.56 Å². The van der Waals surface area contributed by atoms with Crippen molar-refractivity contribution < 1.29 is 8.42 Å². The summed E-state index contributed by atoms with van der Waals surface area (Å²) in [6.07, 6.45) is 1.81. The molecule has 4 nitrogen and oxygen atoms in total. The molecule has 188 valence electrons. The zero-order chi connectivity index (χ0) is 26.6. The van der Waals surface area contributed by atoms with Crippen LogP contribution >= 0.6 is 0 Å². The van der Waals surface area contributed by atoms with Crippen molar-refractivity contribution in [3.8, 4) is 22.4 Å². The van der Waals surface area contributed by atoms with Crippen molar-refractivity contribution in [2.75, 3.05) is 0 Å². The van der Waals surface area contributed by atoms with Gasteiger partial charge in [0.25, 0.3) is 10.0 Å². The molecule has 0 bridgehead atoms. The Morgan fingerprint density at radius 2 is 1.38 bits per heavy atom. The summed E-state index contributed by atoms with van der Waals surface area (Å²) in [6.45, 7) is 1.95. The second-order valence-electron chi connectivity index (χ2n) is 9.73. The van der Waals surface area contributed by atoms with Gasteiger partial charge in [0.05, 0.1) is 21.6 Å². The topological polar surface area (TPSA) is 52.0 Å². The van der Waals surface area contributed by atoms with E-state index in [1.807, 2.05) is 92.0 Å². The minimum absolute atomic E-state index is 0.252. The zero-order valence-corrected chi connectivity index (χ0v) is 22.1. The maximum atomic E-state index is 14.4. The molecule has 0 aliphatic heterocycles. The van der Waals surface area contributed by atoms with Gasteiger partial charge in [-0.05, 0) is 47.7 Å². The standard InChI is InChI=1S/C34H24N2O2S/c1-23-16-20-27(21-17-23)39(37,38)36-30-15-6-5-13-28(30)32(34(36)26-9-3-2-4-10-26)29-14-7-11-24-18-19-25-12-8-22-35-33(25)31(24)29/h2-22H,1H3. The molecule has 0 saturated heterocycles. The molecule has 7 rings (SSSR count). The van der Waals surface area contributed by atoms with E-state index in [4.69, 9.17) is 4.98 Å². The molecule has 0 atom stereocenters. The summed E-state index contributed by atoms with van der Waals surface area (Å²) in [5.74, 6) is 0. The normalized spacial score (nSPS) is 11.9. The van der Waals surface area contributed by atoms with Crippen LogP contribution in [-0.2, 0) is 10.0 Å². The summed E-state index contributed by atoms with van der Waals surface area (Å²) in [7, 11) is -3.94. The number of pyridine rings is 1. The summed E-state index contributed by atoms with van der Waals surface area (Å²) >= 11 is 0. The Balaban J connectivity index is 1.69. The van der Waals surface area contributed by atoms with Gasteiger partial charge in [0.15, 0.2) is 0 Å². The molecule has 0 unspecified atom stereocenters. The van der Waals surface area contributed by atoms with Crippen molar-refractivity contribution in [1.29, 1.82) is 0 Å². The van der Waals surface area contributed by atoms with Gasteiger partial charge >= 0.3 is 0 Å². The quantitative estimate of drug-likeness (QED) is 0.218. The molecule has 0 spiro atoms. The van der Waals surface area contributed by atoms with Crippen molar-refractivity contribution in [3.63, 3.8) is 0 Å². The minimum Gasteiger partial charge on any atom is -0.256 e. The van der Waals surface area contributed by atoms with E-state index >= 15 is 0 Å². The summed E-state index contributed by atoms with van der Waals surface area (Å²) in [5.41, 5.74) is 5.81. The van der Waals surface area contributed by atoms with E-state index in [0.29, 0.717) is 11.2 Å². The highest BCUT2D eigenvalue weighted by Gasteiger charge is 2.29. The fourth-order valence-electron chi connectivity index (χ4n) is 5.53. The van der Waals surface area contributed by atoms with Gasteiger partial charge in [0.2, 0.25) is 0 Å². The van der Waals surface area contributed by atoms with E-state index in [1.165, 1.54) is 3.97 Å². The molecule has 0 aliphatic carbocycles. The molecule has 0 radical (unpaired) electrons. The van der Waals surface area contributed by atoms with Crippen molar-refractivity contribution in [2.24, 2.45) is 0 Å². The molecule has 0 saturated carbocycles. The number of rotatable bonds is 4. The van der Waals surface area contributed by atoms with Crippen molar-refractivity contribution in [2.45, 2.75) is 11.8 Å². The first-order valence-electron chi connectivity index (χ1n) is 12.8. The first-order valence-corrected chi connectivity index (χ1v) is 14.3. The van der Waals surface area contributed by atoms with Crippen LogP contribution in [0.4, 0.5) is 0 Å². The van der Waals surface area contributed by atoms with E-state index < -0.39 is 10.0 Å². The number of aromatic nitrogens is 2. The third-order valence-corrected chi connectivity index (χ3v) is 9.05. The van der Waals surface area contributed by atoms with Crippen LogP contribution < -0.4 is 0 Å². The lowest BCUT2D eigenvalue weighted by Gasteiger charge is -2.15. The molecule has 5 heteroatoms. The van der Waals surface area contributed by atoms with Crippen LogP contribution in [0.2, 0.25) is 0 Å². The molecule has 2 heterocycles. The van der Waals surface area contributed by atoms with E-state index in [-0.39, 0.29) is 4.90 Å². The van der Waals surface area contributed by atoms with Crippen LogP contribution in [0.25, 0.3) is 55.0 Å². The number of hydrogen-bond acceptors (Lipinski definition) is 3. The number of fused-ring (bicyclic) bond motifs is 4. The Kier molecular flexibility index (Phi) is 5.35. The molecule has 7 aromatic rings. The molecule has 5 aromatic carbocycles. The van der Waals surface area contributed by atoms with Crippen LogP contribution in [0, 0.1) is 6.92 Å².